The van der Waals surface area contributed by atoms with Crippen molar-refractivity contribution in [2.75, 3.05) is 6.54 Å². The Hall–Kier alpha value is -2.28. The number of rotatable bonds is 10. The van der Waals surface area contributed by atoms with E-state index in [9.17, 15) is 14.0 Å². The molecule has 0 fully saturated rings. The summed E-state index contributed by atoms with van der Waals surface area (Å²) >= 11 is 1.49. The van der Waals surface area contributed by atoms with Crippen LogP contribution in [0.3, 0.4) is 0 Å². The summed E-state index contributed by atoms with van der Waals surface area (Å²) in [5, 5.41) is 14.1. The van der Waals surface area contributed by atoms with Gasteiger partial charge in [-0.15, -0.1) is 11.3 Å². The SMILES string of the molecule is O=C(O)CCCCCNC(=O)Cc1csc(Cc2ccc(F)cc2)n1. The minimum atomic E-state index is -0.788. The van der Waals surface area contributed by atoms with Gasteiger partial charge in [-0.2, -0.15) is 0 Å². The Balaban J connectivity index is 1.68. The number of halogens is 1. The molecule has 0 saturated carbocycles. The van der Waals surface area contributed by atoms with Gasteiger partial charge in [-0.25, -0.2) is 9.37 Å². The van der Waals surface area contributed by atoms with Crippen LogP contribution >= 0.6 is 11.3 Å². The Kier molecular flexibility index (Phi) is 7.53. The Bertz CT molecular complexity index is 701. The van der Waals surface area contributed by atoms with Gasteiger partial charge in [0.25, 0.3) is 0 Å². The molecule has 134 valence electrons. The fourth-order valence-electron chi connectivity index (χ4n) is 2.32. The van der Waals surface area contributed by atoms with Crippen molar-refractivity contribution in [1.29, 1.82) is 0 Å². The summed E-state index contributed by atoms with van der Waals surface area (Å²) in [6, 6.07) is 6.31. The van der Waals surface area contributed by atoms with E-state index in [1.165, 1.54) is 23.5 Å². The molecule has 5 nitrogen and oxygen atoms in total. The summed E-state index contributed by atoms with van der Waals surface area (Å²) in [5.74, 6) is -1.14. The maximum atomic E-state index is 12.9. The fraction of sp³-hybridized carbons (Fsp3) is 0.389. The molecule has 0 radical (unpaired) electrons. The van der Waals surface area contributed by atoms with Crippen molar-refractivity contribution in [3.63, 3.8) is 0 Å². The zero-order valence-corrected chi connectivity index (χ0v) is 14.7. The topological polar surface area (TPSA) is 79.3 Å². The van der Waals surface area contributed by atoms with Crippen LogP contribution in [0, 0.1) is 5.82 Å². The predicted molar refractivity (Wildman–Crippen MR) is 94.1 cm³/mol. The second-order valence-corrected chi connectivity index (χ2v) is 6.71. The highest BCUT2D eigenvalue weighted by molar-refractivity contribution is 7.09. The monoisotopic (exact) mass is 364 g/mol. The Morgan fingerprint density at radius 1 is 1.16 bits per heavy atom. The molecule has 1 aromatic heterocycles. The standard InChI is InChI=1S/C18H21FN2O3S/c19-14-7-5-13(6-8-14)10-17-21-15(12-25-17)11-16(22)20-9-3-1-2-4-18(23)24/h5-8,12H,1-4,9-11H2,(H,20,22)(H,23,24). The highest BCUT2D eigenvalue weighted by Gasteiger charge is 2.08. The molecule has 0 aliphatic rings. The first-order chi connectivity index (χ1) is 12.0. The van der Waals surface area contributed by atoms with E-state index < -0.39 is 5.97 Å². The van der Waals surface area contributed by atoms with E-state index in [0.717, 1.165) is 29.1 Å². The van der Waals surface area contributed by atoms with Gasteiger partial charge >= 0.3 is 5.97 Å². The number of carboxylic acids is 1. The number of carboxylic acid groups (broad SMARTS) is 1. The second-order valence-electron chi connectivity index (χ2n) is 5.77. The van der Waals surface area contributed by atoms with E-state index >= 15 is 0 Å². The predicted octanol–water partition coefficient (Wildman–Crippen LogP) is 3.18. The number of hydrogen-bond acceptors (Lipinski definition) is 4. The average molecular weight is 364 g/mol. The number of amides is 1. The lowest BCUT2D eigenvalue weighted by atomic mass is 10.1. The van der Waals surface area contributed by atoms with Crippen LogP contribution < -0.4 is 5.32 Å². The van der Waals surface area contributed by atoms with Gasteiger partial charge in [0.05, 0.1) is 17.1 Å². The minimum Gasteiger partial charge on any atom is -0.481 e. The summed E-state index contributed by atoms with van der Waals surface area (Å²) in [6.07, 6.45) is 3.20. The number of benzene rings is 1. The van der Waals surface area contributed by atoms with Crippen LogP contribution in [0.5, 0.6) is 0 Å². The molecule has 0 aliphatic carbocycles. The third kappa shape index (κ3) is 7.43. The molecule has 1 aromatic carbocycles. The number of aromatic nitrogens is 1. The molecule has 0 atom stereocenters. The van der Waals surface area contributed by atoms with Gasteiger partial charge in [0.15, 0.2) is 0 Å². The maximum absolute atomic E-state index is 12.9. The molecule has 1 heterocycles. The zero-order valence-electron chi connectivity index (χ0n) is 13.8. The Morgan fingerprint density at radius 3 is 2.64 bits per heavy atom. The summed E-state index contributed by atoms with van der Waals surface area (Å²) < 4.78 is 12.9. The van der Waals surface area contributed by atoms with Crippen LogP contribution in [0.1, 0.15) is 41.9 Å². The molecule has 2 rings (SSSR count). The summed E-state index contributed by atoms with van der Waals surface area (Å²) in [6.45, 7) is 0.547. The molecule has 0 spiro atoms. The highest BCUT2D eigenvalue weighted by atomic mass is 32.1. The fourth-order valence-corrected chi connectivity index (χ4v) is 3.15. The van der Waals surface area contributed by atoms with Gasteiger partial charge in [-0.05, 0) is 30.5 Å². The van der Waals surface area contributed by atoms with Gasteiger partial charge in [-0.3, -0.25) is 9.59 Å². The van der Waals surface area contributed by atoms with E-state index in [0.29, 0.717) is 19.4 Å². The Labute approximate surface area is 149 Å². The van der Waals surface area contributed by atoms with E-state index in [1.54, 1.807) is 12.1 Å². The van der Waals surface area contributed by atoms with Crippen LogP contribution in [-0.2, 0) is 22.4 Å². The molecule has 25 heavy (non-hydrogen) atoms. The van der Waals surface area contributed by atoms with E-state index in [1.807, 2.05) is 5.38 Å². The van der Waals surface area contributed by atoms with E-state index in [-0.39, 0.29) is 24.6 Å². The van der Waals surface area contributed by atoms with Gasteiger partial charge in [0, 0.05) is 24.8 Å². The normalized spacial score (nSPS) is 10.6. The number of hydrogen-bond donors (Lipinski definition) is 2. The summed E-state index contributed by atoms with van der Waals surface area (Å²) in [7, 11) is 0. The lowest BCUT2D eigenvalue weighted by molar-refractivity contribution is -0.137. The summed E-state index contributed by atoms with van der Waals surface area (Å²) in [5.41, 5.74) is 1.71. The first-order valence-corrected chi connectivity index (χ1v) is 9.07. The number of carbonyl (C=O) groups is 2. The molecule has 0 unspecified atom stereocenters. The van der Waals surface area contributed by atoms with Crippen molar-refractivity contribution in [2.45, 2.75) is 38.5 Å². The molecule has 2 aromatic rings. The third-order valence-corrected chi connectivity index (χ3v) is 4.50. The lowest BCUT2D eigenvalue weighted by Crippen LogP contribution is -2.26. The van der Waals surface area contributed by atoms with Crippen molar-refractivity contribution in [1.82, 2.24) is 10.3 Å². The van der Waals surface area contributed by atoms with Crippen molar-refractivity contribution in [2.24, 2.45) is 0 Å². The van der Waals surface area contributed by atoms with Crippen LogP contribution in [0.2, 0.25) is 0 Å². The Morgan fingerprint density at radius 2 is 1.92 bits per heavy atom. The number of thiazole rings is 1. The lowest BCUT2D eigenvalue weighted by Gasteiger charge is -2.03. The first kappa shape index (κ1) is 19.1. The smallest absolute Gasteiger partial charge is 0.303 e. The molecule has 0 aliphatic heterocycles. The van der Waals surface area contributed by atoms with E-state index in [2.05, 4.69) is 10.3 Å². The van der Waals surface area contributed by atoms with Crippen molar-refractivity contribution in [3.8, 4) is 0 Å². The van der Waals surface area contributed by atoms with Crippen LogP contribution in [0.15, 0.2) is 29.6 Å². The first-order valence-electron chi connectivity index (χ1n) is 8.19. The van der Waals surface area contributed by atoms with E-state index in [4.69, 9.17) is 5.11 Å². The summed E-state index contributed by atoms with van der Waals surface area (Å²) in [4.78, 5) is 26.7. The van der Waals surface area contributed by atoms with Gasteiger partial charge in [0.1, 0.15) is 5.82 Å². The molecular formula is C18H21FN2O3S. The quantitative estimate of drug-likeness (QED) is 0.635. The van der Waals surface area contributed by atoms with Crippen LogP contribution in [0.4, 0.5) is 4.39 Å². The second kappa shape index (κ2) is 9.88. The number of aliphatic carboxylic acids is 1. The molecule has 2 N–H and O–H groups in total. The average Bonchev–Trinajstić information content (AvgIpc) is 2.99. The maximum Gasteiger partial charge on any atom is 0.303 e. The molecule has 0 bridgehead atoms. The number of nitrogens with zero attached hydrogens (tertiary/aromatic N) is 1. The van der Waals surface area contributed by atoms with Gasteiger partial charge < -0.3 is 10.4 Å². The number of carbonyl (C=O) groups excluding carboxylic acids is 1. The van der Waals surface area contributed by atoms with Crippen LogP contribution in [-0.4, -0.2) is 28.5 Å². The molecule has 0 saturated heterocycles. The van der Waals surface area contributed by atoms with Crippen molar-refractivity contribution in [3.05, 3.63) is 51.7 Å². The largest absolute Gasteiger partial charge is 0.481 e. The molecule has 1 amide bonds. The zero-order chi connectivity index (χ0) is 18.1. The third-order valence-electron chi connectivity index (χ3n) is 3.60. The van der Waals surface area contributed by atoms with Crippen molar-refractivity contribution < 1.29 is 19.1 Å². The van der Waals surface area contributed by atoms with Gasteiger partial charge in [-0.1, -0.05) is 18.6 Å². The molecular weight excluding hydrogens is 343 g/mol. The van der Waals surface area contributed by atoms with Crippen LogP contribution in [0.25, 0.3) is 0 Å². The minimum absolute atomic E-state index is 0.0862. The van der Waals surface area contributed by atoms with Crippen molar-refractivity contribution >= 4 is 23.2 Å². The molecule has 7 heteroatoms. The van der Waals surface area contributed by atoms with Gasteiger partial charge in [0.2, 0.25) is 5.91 Å². The number of unbranched alkanes of at least 4 members (excludes halogenated alkanes) is 2. The number of nitrogens with one attached hydrogen (secondary N) is 1. The highest BCUT2D eigenvalue weighted by Crippen LogP contribution is 2.15.